The lowest BCUT2D eigenvalue weighted by Gasteiger charge is -2.20. The Morgan fingerprint density at radius 2 is 0.754 bits per heavy atom. The average Bonchev–Trinajstić information content (AvgIpc) is 3.95. The fourth-order valence-corrected chi connectivity index (χ4v) is 9.05. The van der Waals surface area contributed by atoms with Gasteiger partial charge in [-0.3, -0.25) is 0 Å². The summed E-state index contributed by atoms with van der Waals surface area (Å²) >= 11 is 0. The van der Waals surface area contributed by atoms with Gasteiger partial charge in [-0.2, -0.15) is 0 Å². The molecule has 12 rings (SSSR count). The number of aromatic nitrogens is 3. The fraction of sp³-hybridized carbons (Fsp3) is 0. The molecule has 57 heavy (non-hydrogen) atoms. The van der Waals surface area contributed by atoms with Crippen LogP contribution in [0.2, 0.25) is 0 Å². The monoisotopic (exact) mass is 727 g/mol. The van der Waals surface area contributed by atoms with Crippen LogP contribution in [0.5, 0.6) is 0 Å². The highest BCUT2D eigenvalue weighted by Gasteiger charge is 2.27. The van der Waals surface area contributed by atoms with Crippen LogP contribution in [0.15, 0.2) is 205 Å². The van der Waals surface area contributed by atoms with Gasteiger partial charge in [0.05, 0.1) is 50.2 Å². The molecule has 8 aromatic carbocycles. The first-order valence-electron chi connectivity index (χ1n) is 19.4. The van der Waals surface area contributed by atoms with E-state index in [2.05, 4.69) is 209 Å². The largest absolute Gasteiger partial charge is 0.455 e. The molecule has 0 unspecified atom stereocenters. The van der Waals surface area contributed by atoms with Crippen LogP contribution >= 0.6 is 0 Å². The minimum Gasteiger partial charge on any atom is -0.455 e. The van der Waals surface area contributed by atoms with E-state index < -0.39 is 0 Å². The molecule has 0 aliphatic carbocycles. The van der Waals surface area contributed by atoms with Crippen molar-refractivity contribution in [3.05, 3.63) is 200 Å². The Bertz CT molecular complexity index is 3350. The molecule has 0 fully saturated rings. The quantitative estimate of drug-likeness (QED) is 0.177. The Morgan fingerprint density at radius 1 is 0.351 bits per heavy atom. The molecule has 0 N–H and O–H groups in total. The number of pyridine rings is 1. The third-order valence-electron chi connectivity index (χ3n) is 11.5. The van der Waals surface area contributed by atoms with Crippen LogP contribution in [0.4, 0.5) is 0 Å². The highest BCUT2D eigenvalue weighted by Crippen LogP contribution is 2.48. The van der Waals surface area contributed by atoms with Gasteiger partial charge in [-0.25, -0.2) is 4.98 Å². The van der Waals surface area contributed by atoms with Gasteiger partial charge in [0.2, 0.25) is 0 Å². The van der Waals surface area contributed by atoms with Crippen molar-refractivity contribution in [2.75, 3.05) is 0 Å². The van der Waals surface area contributed by atoms with Crippen molar-refractivity contribution in [2.45, 2.75) is 0 Å². The normalized spacial score (nSPS) is 11.9. The lowest BCUT2D eigenvalue weighted by atomic mass is 9.95. The Morgan fingerprint density at radius 3 is 1.25 bits per heavy atom. The summed E-state index contributed by atoms with van der Waals surface area (Å²) in [5.41, 5.74) is 14.3. The van der Waals surface area contributed by atoms with Crippen molar-refractivity contribution >= 4 is 65.6 Å². The van der Waals surface area contributed by atoms with Gasteiger partial charge < -0.3 is 13.6 Å². The van der Waals surface area contributed by atoms with Gasteiger partial charge >= 0.3 is 0 Å². The number of fused-ring (bicyclic) bond motifs is 9. The van der Waals surface area contributed by atoms with Gasteiger partial charge in [-0.15, -0.1) is 0 Å². The van der Waals surface area contributed by atoms with Gasteiger partial charge in [0, 0.05) is 43.6 Å². The predicted octanol–water partition coefficient (Wildman–Crippen LogP) is 14.2. The van der Waals surface area contributed by atoms with Crippen LogP contribution in [0.3, 0.4) is 0 Å². The SMILES string of the molecule is c1ccc(-c2cc(-c3c(-n4c5ccccc5c5ccccc54)cc(-n4c5ccccc5c5ccccc54)c4c3oc3ccccc34)cc(-c3ccccc3)n2)cc1. The predicted molar refractivity (Wildman–Crippen MR) is 237 cm³/mol. The van der Waals surface area contributed by atoms with Gasteiger partial charge in [0.1, 0.15) is 11.2 Å². The number of furan rings is 1. The molecule has 0 bridgehead atoms. The Kier molecular flexibility index (Phi) is 6.89. The highest BCUT2D eigenvalue weighted by atomic mass is 16.3. The van der Waals surface area contributed by atoms with Crippen LogP contribution < -0.4 is 0 Å². The molecule has 4 nitrogen and oxygen atoms in total. The molecule has 4 heterocycles. The average molecular weight is 728 g/mol. The van der Waals surface area contributed by atoms with Gasteiger partial charge in [0.25, 0.3) is 0 Å². The smallest absolute Gasteiger partial charge is 0.147 e. The van der Waals surface area contributed by atoms with Crippen LogP contribution in [0.25, 0.3) is 111 Å². The van der Waals surface area contributed by atoms with Crippen molar-refractivity contribution in [3.63, 3.8) is 0 Å². The summed E-state index contributed by atoms with van der Waals surface area (Å²) in [5, 5.41) is 6.96. The molecule has 0 saturated heterocycles. The van der Waals surface area contributed by atoms with E-state index in [1.807, 2.05) is 0 Å². The molecular formula is C53H33N3O. The molecule has 4 heteroatoms. The third-order valence-corrected chi connectivity index (χ3v) is 11.5. The van der Waals surface area contributed by atoms with E-state index in [0.29, 0.717) is 0 Å². The van der Waals surface area contributed by atoms with Crippen molar-refractivity contribution < 1.29 is 4.42 Å². The summed E-state index contributed by atoms with van der Waals surface area (Å²) in [5.74, 6) is 0. The van der Waals surface area contributed by atoms with E-state index in [-0.39, 0.29) is 0 Å². The molecule has 0 aliphatic rings. The van der Waals surface area contributed by atoms with Crippen molar-refractivity contribution in [3.8, 4) is 45.0 Å². The molecule has 0 radical (unpaired) electrons. The zero-order chi connectivity index (χ0) is 37.5. The lowest BCUT2D eigenvalue weighted by Crippen LogP contribution is -2.03. The molecule has 0 atom stereocenters. The van der Waals surface area contributed by atoms with E-state index in [1.165, 1.54) is 21.5 Å². The first-order chi connectivity index (χ1) is 28.3. The Hall–Kier alpha value is -7.69. The van der Waals surface area contributed by atoms with Crippen LogP contribution in [-0.2, 0) is 0 Å². The molecule has 0 saturated carbocycles. The van der Waals surface area contributed by atoms with Gasteiger partial charge in [-0.1, -0.05) is 152 Å². The number of nitrogens with zero attached hydrogens (tertiary/aromatic N) is 3. The standard InChI is InChI=1S/C53H33N3O/c1-3-17-34(18-4-1)42-31-36(32-43(54-42)35-19-5-2-6-20-35)51-48(55-44-26-12-7-21-37(44)38-22-8-13-27-45(38)55)33-49(52-41-25-11-16-30-50(41)57-53(51)52)56-46-28-14-9-23-39(46)40-24-10-15-29-47(40)56/h1-33H. The topological polar surface area (TPSA) is 35.9 Å². The maximum Gasteiger partial charge on any atom is 0.147 e. The molecule has 0 amide bonds. The third kappa shape index (κ3) is 4.77. The molecular weight excluding hydrogens is 695 g/mol. The minimum absolute atomic E-state index is 0.830. The summed E-state index contributed by atoms with van der Waals surface area (Å²) in [7, 11) is 0. The minimum atomic E-state index is 0.830. The molecule has 12 aromatic rings. The van der Waals surface area contributed by atoms with Crippen LogP contribution in [0.1, 0.15) is 0 Å². The fourth-order valence-electron chi connectivity index (χ4n) is 9.05. The summed E-state index contributed by atoms with van der Waals surface area (Å²) in [4.78, 5) is 5.30. The second-order valence-corrected chi connectivity index (χ2v) is 14.7. The zero-order valence-corrected chi connectivity index (χ0v) is 30.8. The highest BCUT2D eigenvalue weighted by molar-refractivity contribution is 6.19. The van der Waals surface area contributed by atoms with Crippen molar-refractivity contribution in [1.82, 2.24) is 14.1 Å². The molecule has 0 aliphatic heterocycles. The number of para-hydroxylation sites is 5. The molecule has 0 spiro atoms. The zero-order valence-electron chi connectivity index (χ0n) is 30.8. The summed E-state index contributed by atoms with van der Waals surface area (Å²) in [6, 6.07) is 71.2. The van der Waals surface area contributed by atoms with Crippen molar-refractivity contribution in [1.29, 1.82) is 0 Å². The Balaban J connectivity index is 1.31. The van der Waals surface area contributed by atoms with E-state index in [4.69, 9.17) is 9.40 Å². The maximum absolute atomic E-state index is 7.21. The van der Waals surface area contributed by atoms with Crippen molar-refractivity contribution in [2.24, 2.45) is 0 Å². The molecule has 266 valence electrons. The van der Waals surface area contributed by atoms with Gasteiger partial charge in [0.15, 0.2) is 0 Å². The number of benzene rings is 8. The maximum atomic E-state index is 7.21. The van der Waals surface area contributed by atoms with E-state index in [9.17, 15) is 0 Å². The van der Waals surface area contributed by atoms with Gasteiger partial charge in [-0.05, 0) is 54.1 Å². The van der Waals surface area contributed by atoms with E-state index in [0.717, 1.165) is 89.0 Å². The summed E-state index contributed by atoms with van der Waals surface area (Å²) in [6.07, 6.45) is 0. The van der Waals surface area contributed by atoms with Crippen LogP contribution in [0, 0.1) is 0 Å². The van der Waals surface area contributed by atoms with E-state index in [1.54, 1.807) is 0 Å². The number of hydrogen-bond donors (Lipinski definition) is 0. The number of rotatable bonds is 5. The molecule has 4 aromatic heterocycles. The summed E-state index contributed by atoms with van der Waals surface area (Å²) in [6.45, 7) is 0. The summed E-state index contributed by atoms with van der Waals surface area (Å²) < 4.78 is 12.1. The Labute approximate surface area is 328 Å². The first-order valence-corrected chi connectivity index (χ1v) is 19.4. The first kappa shape index (κ1) is 31.6. The van der Waals surface area contributed by atoms with E-state index >= 15 is 0 Å². The number of hydrogen-bond acceptors (Lipinski definition) is 2. The lowest BCUT2D eigenvalue weighted by molar-refractivity contribution is 0.669. The second kappa shape index (κ2) is 12.4. The van der Waals surface area contributed by atoms with Crippen LogP contribution in [-0.4, -0.2) is 14.1 Å². The second-order valence-electron chi connectivity index (χ2n) is 14.7.